The van der Waals surface area contributed by atoms with Gasteiger partial charge in [-0.15, -0.1) is 6.42 Å². The van der Waals surface area contributed by atoms with Gasteiger partial charge in [0.25, 0.3) is 0 Å². The van der Waals surface area contributed by atoms with Crippen LogP contribution in [0.2, 0.25) is 0 Å². The van der Waals surface area contributed by atoms with Crippen molar-refractivity contribution in [1.29, 1.82) is 0 Å². The van der Waals surface area contributed by atoms with Crippen molar-refractivity contribution in [1.82, 2.24) is 0 Å². The molecular formula is C8H16Y-2. The van der Waals surface area contributed by atoms with E-state index in [1.807, 2.05) is 0 Å². The summed E-state index contributed by atoms with van der Waals surface area (Å²) >= 11 is 0. The molecule has 1 atom stereocenters. The minimum atomic E-state index is 0. The smallest absolute Gasteiger partial charge is 0 e. The zero-order valence-corrected chi connectivity index (χ0v) is 9.40. The van der Waals surface area contributed by atoms with E-state index in [9.17, 15) is 0 Å². The van der Waals surface area contributed by atoms with Gasteiger partial charge >= 0.3 is 0 Å². The molecule has 0 rings (SSSR count). The summed E-state index contributed by atoms with van der Waals surface area (Å²) < 4.78 is 0. The van der Waals surface area contributed by atoms with Gasteiger partial charge in [-0.3, -0.25) is 0 Å². The fourth-order valence-corrected chi connectivity index (χ4v) is 0.596. The van der Waals surface area contributed by atoms with Crippen molar-refractivity contribution < 1.29 is 32.7 Å². The molecule has 0 N–H and O–H groups in total. The average molecular weight is 201 g/mol. The predicted molar refractivity (Wildman–Crippen MR) is 38.3 cm³/mol. The zero-order chi connectivity index (χ0) is 6.57. The summed E-state index contributed by atoms with van der Waals surface area (Å²) in [7, 11) is 0. The van der Waals surface area contributed by atoms with Crippen molar-refractivity contribution in [3.05, 3.63) is 13.8 Å². The van der Waals surface area contributed by atoms with E-state index in [1.165, 1.54) is 0 Å². The van der Waals surface area contributed by atoms with E-state index in [2.05, 4.69) is 27.7 Å². The predicted octanol–water partition coefficient (Wildman–Crippen LogP) is 2.70. The third-order valence-corrected chi connectivity index (χ3v) is 1.52. The number of hydrogen-bond acceptors (Lipinski definition) is 0. The maximum absolute atomic E-state index is 3.99. The van der Waals surface area contributed by atoms with Crippen LogP contribution in [0.25, 0.3) is 0 Å². The molecule has 1 heteroatoms. The van der Waals surface area contributed by atoms with Gasteiger partial charge in [0.15, 0.2) is 0 Å². The normalized spacial score (nSPS) is 13.0. The summed E-state index contributed by atoms with van der Waals surface area (Å²) in [4.78, 5) is 0. The maximum Gasteiger partial charge on any atom is 0 e. The Hall–Kier alpha value is 1.10. The Bertz CT molecular complexity index is 50.5. The standard InChI is InChI=1S/C8H16.Y/c1-5-6-8(4)7(2)3;/h7-8H,1,4-6H2,2-3H3;/q-2;. The van der Waals surface area contributed by atoms with E-state index in [0.717, 1.165) is 18.8 Å². The molecule has 0 fully saturated rings. The molecule has 0 aromatic heterocycles. The summed E-state index contributed by atoms with van der Waals surface area (Å²) in [5.41, 5.74) is 0. The van der Waals surface area contributed by atoms with Gasteiger partial charge in [0.1, 0.15) is 0 Å². The number of rotatable bonds is 3. The molecule has 0 nitrogen and oxygen atoms in total. The summed E-state index contributed by atoms with van der Waals surface area (Å²) in [6, 6.07) is 0. The van der Waals surface area contributed by atoms with E-state index < -0.39 is 0 Å². The molecule has 0 aliphatic heterocycles. The van der Waals surface area contributed by atoms with E-state index in [4.69, 9.17) is 0 Å². The van der Waals surface area contributed by atoms with E-state index in [1.54, 1.807) is 0 Å². The molecule has 53 valence electrons. The quantitative estimate of drug-likeness (QED) is 0.616. The van der Waals surface area contributed by atoms with Crippen LogP contribution in [0.4, 0.5) is 0 Å². The summed E-state index contributed by atoms with van der Waals surface area (Å²) in [6.45, 7) is 12.2. The molecule has 0 heterocycles. The van der Waals surface area contributed by atoms with Gasteiger partial charge < -0.3 is 13.8 Å². The van der Waals surface area contributed by atoms with Crippen LogP contribution in [0.3, 0.4) is 0 Å². The van der Waals surface area contributed by atoms with E-state index in [-0.39, 0.29) is 32.7 Å². The van der Waals surface area contributed by atoms with E-state index >= 15 is 0 Å². The topological polar surface area (TPSA) is 0 Å². The largest absolute Gasteiger partial charge is 0.343 e. The van der Waals surface area contributed by atoms with Gasteiger partial charge in [-0.05, 0) is 0 Å². The van der Waals surface area contributed by atoms with Crippen LogP contribution in [0.15, 0.2) is 0 Å². The fourth-order valence-electron chi connectivity index (χ4n) is 0.596. The second kappa shape index (κ2) is 7.21. The van der Waals surface area contributed by atoms with Crippen LogP contribution in [-0.2, 0) is 32.7 Å². The van der Waals surface area contributed by atoms with Crippen molar-refractivity contribution in [2.24, 2.45) is 11.8 Å². The second-order valence-electron chi connectivity index (χ2n) is 2.65. The van der Waals surface area contributed by atoms with Gasteiger partial charge in [0.05, 0.1) is 0 Å². The van der Waals surface area contributed by atoms with Crippen molar-refractivity contribution in [3.8, 4) is 0 Å². The van der Waals surface area contributed by atoms with Crippen molar-refractivity contribution in [3.63, 3.8) is 0 Å². The molecule has 0 saturated heterocycles. The Balaban J connectivity index is 0. The van der Waals surface area contributed by atoms with Gasteiger partial charge in [-0.1, -0.05) is 19.8 Å². The van der Waals surface area contributed by atoms with E-state index in [0.29, 0.717) is 5.92 Å². The summed E-state index contributed by atoms with van der Waals surface area (Å²) in [5.74, 6) is 1.32. The molecule has 0 bridgehead atoms. The van der Waals surface area contributed by atoms with Crippen molar-refractivity contribution in [2.45, 2.75) is 26.7 Å². The Kier molecular flexibility index (Phi) is 10.2. The molecule has 0 spiro atoms. The first kappa shape index (κ1) is 12.8. The van der Waals surface area contributed by atoms with Crippen LogP contribution in [0.5, 0.6) is 0 Å². The third kappa shape index (κ3) is 7.00. The van der Waals surface area contributed by atoms with Gasteiger partial charge in [-0.2, -0.15) is 12.3 Å². The first-order valence-corrected chi connectivity index (χ1v) is 3.30. The van der Waals surface area contributed by atoms with Crippen LogP contribution >= 0.6 is 0 Å². The minimum absolute atomic E-state index is 0. The monoisotopic (exact) mass is 201 g/mol. The Morgan fingerprint density at radius 1 is 1.33 bits per heavy atom. The molecular weight excluding hydrogens is 185 g/mol. The Morgan fingerprint density at radius 2 is 1.78 bits per heavy atom. The van der Waals surface area contributed by atoms with Crippen LogP contribution in [-0.4, -0.2) is 0 Å². The summed E-state index contributed by atoms with van der Waals surface area (Å²) in [6.07, 6.45) is 2.18. The van der Waals surface area contributed by atoms with Crippen LogP contribution in [0, 0.1) is 25.7 Å². The van der Waals surface area contributed by atoms with Gasteiger partial charge in [0.2, 0.25) is 0 Å². The zero-order valence-electron chi connectivity index (χ0n) is 6.56. The molecule has 1 unspecified atom stereocenters. The molecule has 0 amide bonds. The SMILES string of the molecule is [CH2-]CCC([CH2-])C(C)C.[Y]. The molecule has 0 saturated carbocycles. The molecule has 0 aromatic rings. The Morgan fingerprint density at radius 3 is 1.89 bits per heavy atom. The average Bonchev–Trinajstić information content (AvgIpc) is 1.67. The van der Waals surface area contributed by atoms with Crippen molar-refractivity contribution >= 4 is 0 Å². The Labute approximate surface area is 84.7 Å². The van der Waals surface area contributed by atoms with Gasteiger partial charge in [0, 0.05) is 32.7 Å². The molecule has 9 heavy (non-hydrogen) atoms. The van der Waals surface area contributed by atoms with Gasteiger partial charge in [-0.25, -0.2) is 0 Å². The molecule has 1 radical (unpaired) electrons. The first-order chi connectivity index (χ1) is 3.68. The third-order valence-electron chi connectivity index (χ3n) is 1.52. The molecule has 0 aliphatic rings. The van der Waals surface area contributed by atoms with Crippen LogP contribution in [0.1, 0.15) is 26.7 Å². The fraction of sp³-hybridized carbons (Fsp3) is 0.750. The second-order valence-corrected chi connectivity index (χ2v) is 2.65. The first-order valence-electron chi connectivity index (χ1n) is 3.30. The molecule has 0 aliphatic carbocycles. The number of hydrogen-bond donors (Lipinski definition) is 0. The maximum atomic E-state index is 3.99. The molecule has 0 aromatic carbocycles. The minimum Gasteiger partial charge on any atom is -0.343 e. The van der Waals surface area contributed by atoms with Crippen LogP contribution < -0.4 is 0 Å². The summed E-state index contributed by atoms with van der Waals surface area (Å²) in [5, 5.41) is 0. The van der Waals surface area contributed by atoms with Crippen molar-refractivity contribution in [2.75, 3.05) is 0 Å².